The van der Waals surface area contributed by atoms with Gasteiger partial charge in [0.1, 0.15) is 0 Å². The molecule has 140 valence electrons. The average molecular weight is 387 g/mol. The number of thiocarbonyl (C=S) groups is 1. The molecule has 0 unspecified atom stereocenters. The van der Waals surface area contributed by atoms with Crippen LogP contribution in [0.3, 0.4) is 0 Å². The highest BCUT2D eigenvalue weighted by Crippen LogP contribution is 2.18. The Morgan fingerprint density at radius 1 is 1.16 bits per heavy atom. The number of benzene rings is 1. The minimum atomic E-state index is -3.52. The Kier molecular flexibility index (Phi) is 7.78. The van der Waals surface area contributed by atoms with Crippen molar-refractivity contribution in [2.24, 2.45) is 0 Å². The number of hydrogen-bond donors (Lipinski definition) is 1. The lowest BCUT2D eigenvalue weighted by molar-refractivity contribution is -0.130. The summed E-state index contributed by atoms with van der Waals surface area (Å²) >= 11 is 5.31. The molecule has 0 spiro atoms. The molecule has 1 aromatic carbocycles. The molecule has 0 saturated heterocycles. The number of carbonyl (C=O) groups excluding carboxylic acids is 1. The minimum absolute atomic E-state index is 0.0133. The first-order valence-corrected chi connectivity index (χ1v) is 9.80. The number of likely N-dealkylation sites (N-methyl/N-ethyl adjacent to an activating group) is 2. The fourth-order valence-electron chi connectivity index (χ4n) is 2.12. The van der Waals surface area contributed by atoms with Crippen LogP contribution >= 0.6 is 12.2 Å². The highest BCUT2D eigenvalue weighted by molar-refractivity contribution is 7.89. The Labute approximate surface area is 155 Å². The smallest absolute Gasteiger partial charge is 0.242 e. The van der Waals surface area contributed by atoms with Crippen LogP contribution in [0.1, 0.15) is 13.8 Å². The third-order valence-corrected chi connectivity index (χ3v) is 5.92. The van der Waals surface area contributed by atoms with Crippen molar-refractivity contribution >= 4 is 38.9 Å². The molecule has 0 atom stereocenters. The summed E-state index contributed by atoms with van der Waals surface area (Å²) in [6.07, 6.45) is 0. The predicted molar refractivity (Wildman–Crippen MR) is 104 cm³/mol. The molecule has 0 aromatic heterocycles. The van der Waals surface area contributed by atoms with Crippen molar-refractivity contribution in [3.05, 3.63) is 24.3 Å². The summed E-state index contributed by atoms with van der Waals surface area (Å²) in [4.78, 5) is 15.7. The van der Waals surface area contributed by atoms with Gasteiger partial charge in [-0.3, -0.25) is 4.79 Å². The van der Waals surface area contributed by atoms with Gasteiger partial charge < -0.3 is 15.1 Å². The summed E-state index contributed by atoms with van der Waals surface area (Å²) in [5, 5.41) is 3.32. The zero-order valence-electron chi connectivity index (χ0n) is 15.3. The van der Waals surface area contributed by atoms with E-state index in [1.807, 2.05) is 13.8 Å². The third kappa shape index (κ3) is 5.65. The quantitative estimate of drug-likeness (QED) is 0.715. The summed E-state index contributed by atoms with van der Waals surface area (Å²) in [5.74, 6) is -0.0133. The predicted octanol–water partition coefficient (Wildman–Crippen LogP) is 1.43. The van der Waals surface area contributed by atoms with E-state index < -0.39 is 10.0 Å². The molecule has 25 heavy (non-hydrogen) atoms. The SMILES string of the molecule is CCN(CC)C(=O)CN(C)C(=S)Nc1cccc(S(=O)(=O)N(C)C)c1. The van der Waals surface area contributed by atoms with Crippen LogP contribution in [0.15, 0.2) is 29.2 Å². The Morgan fingerprint density at radius 2 is 1.76 bits per heavy atom. The fourth-order valence-corrected chi connectivity index (χ4v) is 3.25. The lowest BCUT2D eigenvalue weighted by atomic mass is 10.3. The standard InChI is InChI=1S/C16H26N4O3S2/c1-6-20(7-2)15(21)12-19(5)16(24)17-13-9-8-10-14(11-13)25(22,23)18(3)4/h8-11H,6-7,12H2,1-5H3,(H,17,24). The number of hydrogen-bond acceptors (Lipinski definition) is 4. The molecule has 1 aromatic rings. The third-order valence-electron chi connectivity index (χ3n) is 3.70. The van der Waals surface area contributed by atoms with E-state index in [4.69, 9.17) is 12.2 Å². The Hall–Kier alpha value is -1.71. The van der Waals surface area contributed by atoms with E-state index in [1.54, 1.807) is 29.0 Å². The van der Waals surface area contributed by atoms with Gasteiger partial charge in [-0.1, -0.05) is 6.07 Å². The maximum absolute atomic E-state index is 12.2. The van der Waals surface area contributed by atoms with Crippen LogP contribution in [-0.2, 0) is 14.8 Å². The van der Waals surface area contributed by atoms with Crippen molar-refractivity contribution in [1.82, 2.24) is 14.1 Å². The molecule has 0 aliphatic rings. The van der Waals surface area contributed by atoms with Crippen molar-refractivity contribution in [3.8, 4) is 0 Å². The maximum atomic E-state index is 12.2. The molecule has 0 aliphatic carbocycles. The van der Waals surface area contributed by atoms with Gasteiger partial charge in [-0.2, -0.15) is 0 Å². The second-order valence-electron chi connectivity index (χ2n) is 5.67. The largest absolute Gasteiger partial charge is 0.343 e. The number of nitrogens with one attached hydrogen (secondary N) is 1. The van der Waals surface area contributed by atoms with E-state index in [-0.39, 0.29) is 17.3 Å². The van der Waals surface area contributed by atoms with E-state index in [1.165, 1.54) is 26.2 Å². The van der Waals surface area contributed by atoms with Crippen LogP contribution in [0, 0.1) is 0 Å². The minimum Gasteiger partial charge on any atom is -0.343 e. The first-order valence-electron chi connectivity index (χ1n) is 7.95. The van der Waals surface area contributed by atoms with E-state index in [9.17, 15) is 13.2 Å². The molecular formula is C16H26N4O3S2. The second kappa shape index (κ2) is 9.12. The summed E-state index contributed by atoms with van der Waals surface area (Å²) in [6.45, 7) is 5.30. The van der Waals surface area contributed by atoms with Gasteiger partial charge in [-0.15, -0.1) is 0 Å². The van der Waals surface area contributed by atoms with Gasteiger partial charge >= 0.3 is 0 Å². The number of carbonyl (C=O) groups is 1. The van der Waals surface area contributed by atoms with Gasteiger partial charge in [0, 0.05) is 39.9 Å². The molecule has 9 heteroatoms. The number of rotatable bonds is 7. The van der Waals surface area contributed by atoms with Crippen molar-refractivity contribution in [1.29, 1.82) is 0 Å². The van der Waals surface area contributed by atoms with E-state index in [0.717, 1.165) is 4.31 Å². The lowest BCUT2D eigenvalue weighted by Gasteiger charge is -2.25. The maximum Gasteiger partial charge on any atom is 0.242 e. The topological polar surface area (TPSA) is 73.0 Å². The molecule has 0 radical (unpaired) electrons. The van der Waals surface area contributed by atoms with Crippen LogP contribution in [0.2, 0.25) is 0 Å². The molecule has 0 bridgehead atoms. The summed E-state index contributed by atoms with van der Waals surface area (Å²) in [6, 6.07) is 6.41. The zero-order valence-corrected chi connectivity index (χ0v) is 16.9. The molecule has 1 N–H and O–H groups in total. The highest BCUT2D eigenvalue weighted by atomic mass is 32.2. The zero-order chi connectivity index (χ0) is 19.2. The molecule has 0 aliphatic heterocycles. The molecule has 7 nitrogen and oxygen atoms in total. The van der Waals surface area contributed by atoms with Crippen molar-refractivity contribution < 1.29 is 13.2 Å². The van der Waals surface area contributed by atoms with Crippen molar-refractivity contribution in [2.75, 3.05) is 46.1 Å². The summed E-state index contributed by atoms with van der Waals surface area (Å²) in [5.41, 5.74) is 0.551. The summed E-state index contributed by atoms with van der Waals surface area (Å²) in [7, 11) is 1.16. The van der Waals surface area contributed by atoms with E-state index in [0.29, 0.717) is 23.9 Å². The first kappa shape index (κ1) is 21.3. The molecule has 1 amide bonds. The van der Waals surface area contributed by atoms with Crippen LogP contribution in [0.4, 0.5) is 5.69 Å². The summed E-state index contributed by atoms with van der Waals surface area (Å²) < 4.78 is 25.5. The van der Waals surface area contributed by atoms with Gasteiger partial charge in [0.2, 0.25) is 15.9 Å². The van der Waals surface area contributed by atoms with E-state index >= 15 is 0 Å². The van der Waals surface area contributed by atoms with Gasteiger partial charge in [0.15, 0.2) is 5.11 Å². The van der Waals surface area contributed by atoms with Gasteiger partial charge in [-0.25, -0.2) is 12.7 Å². The Morgan fingerprint density at radius 3 is 2.28 bits per heavy atom. The second-order valence-corrected chi connectivity index (χ2v) is 8.21. The number of anilines is 1. The molecular weight excluding hydrogens is 360 g/mol. The van der Waals surface area contributed by atoms with Crippen LogP contribution in [-0.4, -0.2) is 74.3 Å². The first-order chi connectivity index (χ1) is 11.6. The Bertz CT molecular complexity index is 716. The van der Waals surface area contributed by atoms with E-state index in [2.05, 4.69) is 5.32 Å². The Balaban J connectivity index is 2.82. The number of nitrogens with zero attached hydrogens (tertiary/aromatic N) is 3. The lowest BCUT2D eigenvalue weighted by Crippen LogP contribution is -2.42. The van der Waals surface area contributed by atoms with Crippen LogP contribution in [0.25, 0.3) is 0 Å². The fraction of sp³-hybridized carbons (Fsp3) is 0.500. The molecule has 0 fully saturated rings. The average Bonchev–Trinajstić information content (AvgIpc) is 2.55. The number of sulfonamides is 1. The van der Waals surface area contributed by atoms with Crippen molar-refractivity contribution in [2.45, 2.75) is 18.7 Å². The molecule has 0 heterocycles. The normalized spacial score (nSPS) is 11.3. The van der Waals surface area contributed by atoms with Gasteiger partial charge in [-0.05, 0) is 44.3 Å². The van der Waals surface area contributed by atoms with Crippen molar-refractivity contribution in [3.63, 3.8) is 0 Å². The highest BCUT2D eigenvalue weighted by Gasteiger charge is 2.18. The van der Waals surface area contributed by atoms with Gasteiger partial charge in [0.25, 0.3) is 0 Å². The van der Waals surface area contributed by atoms with Gasteiger partial charge in [0.05, 0.1) is 11.4 Å². The molecule has 0 saturated carbocycles. The van der Waals surface area contributed by atoms with Crippen LogP contribution < -0.4 is 5.32 Å². The monoisotopic (exact) mass is 386 g/mol. The van der Waals surface area contributed by atoms with Crippen LogP contribution in [0.5, 0.6) is 0 Å². The number of amides is 1. The molecule has 1 rings (SSSR count).